The van der Waals surface area contributed by atoms with Gasteiger partial charge in [-0.05, 0) is 18.9 Å². The van der Waals surface area contributed by atoms with Crippen LogP contribution in [0.2, 0.25) is 0 Å². The van der Waals surface area contributed by atoms with E-state index in [-0.39, 0.29) is 0 Å². The average Bonchev–Trinajstić information content (AvgIpc) is 3.28. The van der Waals surface area contributed by atoms with Crippen LogP contribution in [0.1, 0.15) is 29.6 Å². The van der Waals surface area contributed by atoms with Crippen molar-refractivity contribution in [1.82, 2.24) is 30.0 Å². The zero-order chi connectivity index (χ0) is 17.2. The number of fused-ring (bicyclic) bond motifs is 1. The smallest absolute Gasteiger partial charge is 0.231 e. The summed E-state index contributed by atoms with van der Waals surface area (Å²) in [6.45, 7) is 2.32. The number of hydrogen-bond acceptors (Lipinski definition) is 9. The summed E-state index contributed by atoms with van der Waals surface area (Å²) in [6.07, 6.45) is 1.94. The second kappa shape index (κ2) is 6.89. The fraction of sp³-hybridized carbons (Fsp3) is 0.533. The number of piperidine rings is 1. The molecule has 0 radical (unpaired) electrons. The highest BCUT2D eigenvalue weighted by atomic mass is 32.1. The van der Waals surface area contributed by atoms with E-state index in [1.807, 2.05) is 6.07 Å². The topological polar surface area (TPSA) is 90.6 Å². The Morgan fingerprint density at radius 3 is 2.72 bits per heavy atom. The van der Waals surface area contributed by atoms with Crippen LogP contribution in [0.5, 0.6) is 5.88 Å². The zero-order valence-electron chi connectivity index (χ0n) is 14.1. The molecule has 132 valence electrons. The molecule has 0 bridgehead atoms. The molecule has 0 unspecified atom stereocenters. The zero-order valence-corrected chi connectivity index (χ0v) is 14.9. The first-order valence-electron chi connectivity index (χ1n) is 8.11. The number of nitrogens with zero attached hydrogens (tertiary/aromatic N) is 7. The quantitative estimate of drug-likeness (QED) is 0.675. The van der Waals surface area contributed by atoms with E-state index >= 15 is 0 Å². The molecule has 0 N–H and O–H groups in total. The minimum atomic E-state index is 0.317. The number of aromatic nitrogens is 6. The highest BCUT2D eigenvalue weighted by Gasteiger charge is 2.26. The summed E-state index contributed by atoms with van der Waals surface area (Å²) in [6, 6.07) is 3.67. The Kier molecular flexibility index (Phi) is 4.45. The lowest BCUT2D eigenvalue weighted by molar-refractivity contribution is 0.184. The summed E-state index contributed by atoms with van der Waals surface area (Å²) in [5.74, 6) is 1.77. The van der Waals surface area contributed by atoms with Crippen molar-refractivity contribution in [3.63, 3.8) is 0 Å². The molecule has 1 fully saturated rings. The van der Waals surface area contributed by atoms with Gasteiger partial charge in [0.05, 0.1) is 7.11 Å². The molecule has 1 saturated heterocycles. The molecule has 0 aliphatic carbocycles. The standard InChI is InChI=1S/C15H19N7O2S/c1-23-9-13-17-19-15(25-13)21-7-5-10(6-8-21)14-18-16-11-3-4-12(24-2)20-22(11)14/h3-4,10H,5-9H2,1-2H3. The first-order chi connectivity index (χ1) is 12.3. The van der Waals surface area contributed by atoms with Gasteiger partial charge in [0, 0.05) is 32.2 Å². The van der Waals surface area contributed by atoms with Crippen LogP contribution in [0, 0.1) is 0 Å². The van der Waals surface area contributed by atoms with Crippen molar-refractivity contribution < 1.29 is 9.47 Å². The van der Waals surface area contributed by atoms with Gasteiger partial charge in [-0.25, -0.2) is 0 Å². The Bertz CT molecular complexity index is 857. The highest BCUT2D eigenvalue weighted by molar-refractivity contribution is 7.15. The second-order valence-corrected chi connectivity index (χ2v) is 6.92. The van der Waals surface area contributed by atoms with E-state index in [0.717, 1.165) is 47.5 Å². The van der Waals surface area contributed by atoms with Crippen molar-refractivity contribution in [3.8, 4) is 5.88 Å². The van der Waals surface area contributed by atoms with Crippen molar-refractivity contribution in [2.75, 3.05) is 32.2 Å². The van der Waals surface area contributed by atoms with Crippen LogP contribution in [-0.4, -0.2) is 57.3 Å². The molecule has 0 aromatic carbocycles. The van der Waals surface area contributed by atoms with E-state index in [2.05, 4.69) is 30.4 Å². The normalized spacial score (nSPS) is 15.8. The van der Waals surface area contributed by atoms with Crippen molar-refractivity contribution in [2.24, 2.45) is 0 Å². The van der Waals surface area contributed by atoms with Crippen LogP contribution in [0.3, 0.4) is 0 Å². The van der Waals surface area contributed by atoms with Gasteiger partial charge in [0.1, 0.15) is 11.6 Å². The maximum Gasteiger partial charge on any atom is 0.231 e. The van der Waals surface area contributed by atoms with Crippen molar-refractivity contribution >= 4 is 22.1 Å². The highest BCUT2D eigenvalue weighted by Crippen LogP contribution is 2.31. The summed E-state index contributed by atoms with van der Waals surface area (Å²) in [5, 5.41) is 23.3. The van der Waals surface area contributed by atoms with E-state index in [0.29, 0.717) is 18.4 Å². The second-order valence-electron chi connectivity index (χ2n) is 5.88. The van der Waals surface area contributed by atoms with Gasteiger partial charge in [-0.3, -0.25) is 0 Å². The van der Waals surface area contributed by atoms with Gasteiger partial charge in [-0.1, -0.05) is 11.3 Å². The van der Waals surface area contributed by atoms with Crippen LogP contribution in [0.25, 0.3) is 5.65 Å². The fourth-order valence-electron chi connectivity index (χ4n) is 3.04. The molecule has 25 heavy (non-hydrogen) atoms. The Hall–Kier alpha value is -2.33. The predicted octanol–water partition coefficient (Wildman–Crippen LogP) is 1.51. The molecule has 9 nitrogen and oxygen atoms in total. The minimum absolute atomic E-state index is 0.317. The molecule has 3 aromatic rings. The van der Waals surface area contributed by atoms with Crippen molar-refractivity contribution in [3.05, 3.63) is 23.0 Å². The molecule has 0 spiro atoms. The third-order valence-corrected chi connectivity index (χ3v) is 5.28. The molecule has 4 heterocycles. The molecule has 1 aliphatic heterocycles. The Morgan fingerprint density at radius 2 is 1.96 bits per heavy atom. The lowest BCUT2D eigenvalue weighted by Crippen LogP contribution is -2.33. The van der Waals surface area contributed by atoms with Gasteiger partial charge >= 0.3 is 0 Å². The largest absolute Gasteiger partial charge is 0.480 e. The SMILES string of the molecule is COCc1nnc(N2CCC(c3nnc4ccc(OC)nn34)CC2)s1. The van der Waals surface area contributed by atoms with Gasteiger partial charge in [0.25, 0.3) is 0 Å². The lowest BCUT2D eigenvalue weighted by Gasteiger charge is -2.30. The van der Waals surface area contributed by atoms with Gasteiger partial charge in [0.15, 0.2) is 11.5 Å². The van der Waals surface area contributed by atoms with Crippen LogP contribution in [0.15, 0.2) is 12.1 Å². The van der Waals surface area contributed by atoms with E-state index in [4.69, 9.17) is 9.47 Å². The first-order valence-corrected chi connectivity index (χ1v) is 8.92. The molecule has 0 atom stereocenters. The molecule has 0 amide bonds. The van der Waals surface area contributed by atoms with E-state index < -0.39 is 0 Å². The lowest BCUT2D eigenvalue weighted by atomic mass is 9.96. The van der Waals surface area contributed by atoms with Crippen molar-refractivity contribution in [2.45, 2.75) is 25.4 Å². The number of anilines is 1. The average molecular weight is 361 g/mol. The number of hydrogen-bond donors (Lipinski definition) is 0. The summed E-state index contributed by atoms with van der Waals surface area (Å²) < 4.78 is 12.1. The molecular weight excluding hydrogens is 342 g/mol. The van der Waals surface area contributed by atoms with Crippen LogP contribution < -0.4 is 9.64 Å². The van der Waals surface area contributed by atoms with Crippen LogP contribution >= 0.6 is 11.3 Å². The van der Waals surface area contributed by atoms with Crippen molar-refractivity contribution in [1.29, 1.82) is 0 Å². The van der Waals surface area contributed by atoms with Gasteiger partial charge in [0.2, 0.25) is 11.0 Å². The Morgan fingerprint density at radius 1 is 1.12 bits per heavy atom. The Balaban J connectivity index is 1.48. The molecule has 0 saturated carbocycles. The van der Waals surface area contributed by atoms with E-state index in [1.165, 1.54) is 0 Å². The number of ether oxygens (including phenoxy) is 2. The third-order valence-electron chi connectivity index (χ3n) is 4.33. The van der Waals surface area contributed by atoms with Crippen LogP contribution in [0.4, 0.5) is 5.13 Å². The maximum atomic E-state index is 5.21. The third kappa shape index (κ3) is 3.14. The fourth-order valence-corrected chi connectivity index (χ4v) is 3.90. The van der Waals surface area contributed by atoms with Gasteiger partial charge in [-0.2, -0.15) is 4.52 Å². The summed E-state index contributed by atoms with van der Waals surface area (Å²) in [7, 11) is 3.27. The maximum absolute atomic E-state index is 5.21. The number of rotatable bonds is 5. The predicted molar refractivity (Wildman–Crippen MR) is 92.1 cm³/mol. The van der Waals surface area contributed by atoms with Gasteiger partial charge < -0.3 is 14.4 Å². The summed E-state index contributed by atoms with van der Waals surface area (Å²) in [5.41, 5.74) is 0.742. The van der Waals surface area contributed by atoms with Crippen LogP contribution in [-0.2, 0) is 11.3 Å². The Labute approximate surface area is 148 Å². The molecule has 3 aromatic heterocycles. The van der Waals surface area contributed by atoms with Gasteiger partial charge in [-0.15, -0.1) is 25.5 Å². The summed E-state index contributed by atoms with van der Waals surface area (Å²) >= 11 is 1.59. The molecule has 10 heteroatoms. The number of methoxy groups -OCH3 is 2. The van der Waals surface area contributed by atoms with E-state index in [1.54, 1.807) is 36.1 Å². The first kappa shape index (κ1) is 16.2. The summed E-state index contributed by atoms with van der Waals surface area (Å²) in [4.78, 5) is 2.27. The van der Waals surface area contributed by atoms with E-state index in [9.17, 15) is 0 Å². The molecule has 1 aliphatic rings. The molecular formula is C15H19N7O2S. The minimum Gasteiger partial charge on any atom is -0.480 e. The molecule has 4 rings (SSSR count). The monoisotopic (exact) mass is 361 g/mol.